The zero-order valence-corrected chi connectivity index (χ0v) is 11.6. The number of rotatable bonds is 5. The van der Waals surface area contributed by atoms with E-state index in [1.165, 1.54) is 36.0 Å². The second-order valence-corrected chi connectivity index (χ2v) is 5.35. The van der Waals surface area contributed by atoms with Crippen molar-refractivity contribution in [2.45, 2.75) is 51.5 Å². The van der Waals surface area contributed by atoms with Crippen molar-refractivity contribution in [3.05, 3.63) is 34.9 Å². The van der Waals surface area contributed by atoms with E-state index in [0.29, 0.717) is 12.8 Å². The highest BCUT2D eigenvalue weighted by molar-refractivity contribution is 5.76. The highest BCUT2D eigenvalue weighted by Gasteiger charge is 2.13. The van der Waals surface area contributed by atoms with Crippen LogP contribution in [0.5, 0.6) is 0 Å². The van der Waals surface area contributed by atoms with E-state index in [1.54, 1.807) is 0 Å². The molecule has 0 radical (unpaired) electrons. The minimum absolute atomic E-state index is 0.0132. The van der Waals surface area contributed by atoms with E-state index in [9.17, 15) is 4.79 Å². The Hall–Kier alpha value is -1.35. The van der Waals surface area contributed by atoms with Crippen LogP contribution in [0.15, 0.2) is 18.2 Å². The third-order valence-corrected chi connectivity index (χ3v) is 3.81. The summed E-state index contributed by atoms with van der Waals surface area (Å²) in [4.78, 5) is 11.7. The number of carbonyl (C=O) groups is 1. The van der Waals surface area contributed by atoms with Gasteiger partial charge in [-0.25, -0.2) is 0 Å². The highest BCUT2D eigenvalue weighted by Crippen LogP contribution is 2.24. The smallest absolute Gasteiger partial charge is 0.220 e. The molecule has 1 aromatic carbocycles. The summed E-state index contributed by atoms with van der Waals surface area (Å²) in [6, 6.07) is 6.62. The van der Waals surface area contributed by atoms with Gasteiger partial charge in [0.15, 0.2) is 0 Å². The Kier molecular flexibility index (Phi) is 4.97. The van der Waals surface area contributed by atoms with E-state index in [0.717, 1.165) is 6.42 Å². The third kappa shape index (κ3) is 3.80. The molecule has 0 aliphatic heterocycles. The first-order valence-electron chi connectivity index (χ1n) is 7.22. The molecule has 2 N–H and O–H groups in total. The van der Waals surface area contributed by atoms with Crippen molar-refractivity contribution in [1.29, 1.82) is 0 Å². The van der Waals surface area contributed by atoms with Gasteiger partial charge in [0.25, 0.3) is 0 Å². The van der Waals surface area contributed by atoms with Crippen molar-refractivity contribution >= 4 is 5.91 Å². The first-order chi connectivity index (χ1) is 9.20. The summed E-state index contributed by atoms with van der Waals surface area (Å²) in [5.74, 6) is 0.0132. The van der Waals surface area contributed by atoms with Gasteiger partial charge in [-0.05, 0) is 55.7 Å². The number of amides is 1. The number of aryl methyl sites for hydroxylation is 2. The van der Waals surface area contributed by atoms with Crippen LogP contribution in [-0.4, -0.2) is 17.6 Å². The molecule has 0 saturated heterocycles. The average Bonchev–Trinajstić information content (AvgIpc) is 2.44. The molecule has 1 atom stereocenters. The van der Waals surface area contributed by atoms with Gasteiger partial charge in [-0.3, -0.25) is 4.79 Å². The molecule has 0 spiro atoms. The third-order valence-electron chi connectivity index (χ3n) is 3.81. The number of aliphatic hydroxyl groups excluding tert-OH is 1. The van der Waals surface area contributed by atoms with Crippen molar-refractivity contribution in [2.24, 2.45) is 0 Å². The van der Waals surface area contributed by atoms with E-state index >= 15 is 0 Å². The van der Waals surface area contributed by atoms with E-state index in [2.05, 4.69) is 23.5 Å². The Balaban J connectivity index is 1.99. The minimum atomic E-state index is 0.0132. The Labute approximate surface area is 115 Å². The van der Waals surface area contributed by atoms with Crippen LogP contribution in [0.3, 0.4) is 0 Å². The average molecular weight is 261 g/mol. The molecule has 104 valence electrons. The fraction of sp³-hybridized carbons (Fsp3) is 0.562. The minimum Gasteiger partial charge on any atom is -0.396 e. The number of nitrogens with one attached hydrogen (secondary N) is 1. The van der Waals surface area contributed by atoms with E-state index in [1.807, 2.05) is 6.92 Å². The maximum atomic E-state index is 11.7. The summed E-state index contributed by atoms with van der Waals surface area (Å²) in [6.45, 7) is 2.09. The van der Waals surface area contributed by atoms with Gasteiger partial charge in [0.2, 0.25) is 5.91 Å². The van der Waals surface area contributed by atoms with E-state index in [-0.39, 0.29) is 18.6 Å². The SMILES string of the molecule is CC(NC(=O)CCCO)c1ccc2c(c1)CCCC2. The summed E-state index contributed by atoms with van der Waals surface area (Å²) in [6.07, 6.45) is 5.84. The van der Waals surface area contributed by atoms with Gasteiger partial charge in [0.1, 0.15) is 0 Å². The van der Waals surface area contributed by atoms with Crippen LogP contribution < -0.4 is 5.32 Å². The fourth-order valence-corrected chi connectivity index (χ4v) is 2.66. The molecule has 0 heterocycles. The molecule has 1 unspecified atom stereocenters. The zero-order valence-electron chi connectivity index (χ0n) is 11.6. The second-order valence-electron chi connectivity index (χ2n) is 5.35. The molecule has 0 fully saturated rings. The Bertz CT molecular complexity index is 442. The first-order valence-corrected chi connectivity index (χ1v) is 7.22. The molecule has 1 aromatic rings. The summed E-state index contributed by atoms with van der Waals surface area (Å²) in [5.41, 5.74) is 4.09. The van der Waals surface area contributed by atoms with Gasteiger partial charge in [-0.1, -0.05) is 18.2 Å². The van der Waals surface area contributed by atoms with E-state index < -0.39 is 0 Å². The van der Waals surface area contributed by atoms with Crippen LogP contribution >= 0.6 is 0 Å². The molecule has 1 aliphatic rings. The normalized spacial score (nSPS) is 15.7. The summed E-state index contributed by atoms with van der Waals surface area (Å²) in [7, 11) is 0. The lowest BCUT2D eigenvalue weighted by atomic mass is 9.89. The second kappa shape index (κ2) is 6.71. The van der Waals surface area contributed by atoms with Gasteiger partial charge in [0.05, 0.1) is 6.04 Å². The van der Waals surface area contributed by atoms with Crippen LogP contribution in [0, 0.1) is 0 Å². The topological polar surface area (TPSA) is 49.3 Å². The maximum absolute atomic E-state index is 11.7. The van der Waals surface area contributed by atoms with Gasteiger partial charge in [-0.2, -0.15) is 0 Å². The zero-order chi connectivity index (χ0) is 13.7. The van der Waals surface area contributed by atoms with Crippen molar-refractivity contribution in [2.75, 3.05) is 6.61 Å². The molecule has 2 rings (SSSR count). The molecule has 0 aromatic heterocycles. The molecular formula is C16H23NO2. The monoisotopic (exact) mass is 261 g/mol. The van der Waals surface area contributed by atoms with Gasteiger partial charge >= 0.3 is 0 Å². The fourth-order valence-electron chi connectivity index (χ4n) is 2.66. The summed E-state index contributed by atoms with van der Waals surface area (Å²) < 4.78 is 0. The molecule has 0 bridgehead atoms. The molecule has 0 saturated carbocycles. The molecular weight excluding hydrogens is 238 g/mol. The highest BCUT2D eigenvalue weighted by atomic mass is 16.3. The van der Waals surface area contributed by atoms with E-state index in [4.69, 9.17) is 5.11 Å². The molecule has 19 heavy (non-hydrogen) atoms. The van der Waals surface area contributed by atoms with Crippen LogP contribution in [0.25, 0.3) is 0 Å². The number of benzene rings is 1. The van der Waals surface area contributed by atoms with Crippen LogP contribution in [0.2, 0.25) is 0 Å². The summed E-state index contributed by atoms with van der Waals surface area (Å²) >= 11 is 0. The molecule has 1 amide bonds. The molecule has 3 heteroatoms. The lowest BCUT2D eigenvalue weighted by molar-refractivity contribution is -0.122. The van der Waals surface area contributed by atoms with Crippen LogP contribution in [0.1, 0.15) is 55.3 Å². The predicted molar refractivity (Wildman–Crippen MR) is 76.0 cm³/mol. The summed E-state index contributed by atoms with van der Waals surface area (Å²) in [5, 5.41) is 11.7. The molecule has 3 nitrogen and oxygen atoms in total. The number of fused-ring (bicyclic) bond motifs is 1. The number of carbonyl (C=O) groups excluding carboxylic acids is 1. The van der Waals surface area contributed by atoms with Crippen molar-refractivity contribution < 1.29 is 9.90 Å². The largest absolute Gasteiger partial charge is 0.396 e. The van der Waals surface area contributed by atoms with Crippen LogP contribution in [-0.2, 0) is 17.6 Å². The van der Waals surface area contributed by atoms with Gasteiger partial charge in [-0.15, -0.1) is 0 Å². The maximum Gasteiger partial charge on any atom is 0.220 e. The Morgan fingerprint density at radius 2 is 2.05 bits per heavy atom. The van der Waals surface area contributed by atoms with Crippen molar-refractivity contribution in [3.8, 4) is 0 Å². The Morgan fingerprint density at radius 1 is 1.32 bits per heavy atom. The lowest BCUT2D eigenvalue weighted by Gasteiger charge is -2.20. The van der Waals surface area contributed by atoms with Crippen molar-refractivity contribution in [3.63, 3.8) is 0 Å². The predicted octanol–water partition coefficient (Wildman–Crippen LogP) is 2.52. The van der Waals surface area contributed by atoms with Crippen molar-refractivity contribution in [1.82, 2.24) is 5.32 Å². The lowest BCUT2D eigenvalue weighted by Crippen LogP contribution is -2.26. The Morgan fingerprint density at radius 3 is 2.79 bits per heavy atom. The number of hydrogen-bond acceptors (Lipinski definition) is 2. The number of aliphatic hydroxyl groups is 1. The van der Waals surface area contributed by atoms with Gasteiger partial charge in [0, 0.05) is 13.0 Å². The van der Waals surface area contributed by atoms with Crippen LogP contribution in [0.4, 0.5) is 0 Å². The first kappa shape index (κ1) is 14.1. The quantitative estimate of drug-likeness (QED) is 0.855. The standard InChI is InChI=1S/C16H23NO2/c1-12(17-16(19)7-4-10-18)14-9-8-13-5-2-3-6-15(13)11-14/h8-9,11-12,18H,2-7,10H2,1H3,(H,17,19). The van der Waals surface area contributed by atoms with Gasteiger partial charge < -0.3 is 10.4 Å². The molecule has 1 aliphatic carbocycles. The number of hydrogen-bond donors (Lipinski definition) is 2.